The maximum atomic E-state index is 13.6. The molecule has 5 rings (SSSR count). The van der Waals surface area contributed by atoms with E-state index < -0.39 is 0 Å². The molecule has 0 N–H and O–H groups in total. The lowest BCUT2D eigenvalue weighted by atomic mass is 10.0. The van der Waals surface area contributed by atoms with Crippen molar-refractivity contribution in [2.75, 3.05) is 31.6 Å². The number of hydrogen-bond acceptors (Lipinski definition) is 7. The number of benzene rings is 1. The van der Waals surface area contributed by atoms with E-state index in [1.807, 2.05) is 24.4 Å². The zero-order valence-electron chi connectivity index (χ0n) is 18.6. The molecular weight excluding hydrogens is 455 g/mol. The topological polar surface area (TPSA) is 48.8 Å². The standard InChI is InChI=1S/C25H25FN4OS2/c1-16(31)25-28-22-23(21-20(24(22)32-33-25)8-3-4-11-27-21)30-13-12-29(2)19(15-30)10-9-17-6-5-7-18(26)14-17/h3-8,11,14,19H,9-10,12-13,15H2,1-2H3. The van der Waals surface area contributed by atoms with Gasteiger partial charge in [-0.05, 0) is 65.2 Å². The van der Waals surface area contributed by atoms with Gasteiger partial charge in [0.15, 0.2) is 10.8 Å². The van der Waals surface area contributed by atoms with Crippen LogP contribution in [0.5, 0.6) is 0 Å². The fraction of sp³-hybridized carbons (Fsp3) is 0.320. The molecule has 33 heavy (non-hydrogen) atoms. The van der Waals surface area contributed by atoms with Gasteiger partial charge in [-0.15, -0.1) is 0 Å². The average molecular weight is 481 g/mol. The Balaban J connectivity index is 1.48. The average Bonchev–Trinajstić information content (AvgIpc) is 2.93. The van der Waals surface area contributed by atoms with Crippen LogP contribution in [0.1, 0.15) is 18.9 Å². The number of carbonyl (C=O) groups excluding carboxylic acids is 1. The van der Waals surface area contributed by atoms with Crippen molar-refractivity contribution in [1.29, 1.82) is 0 Å². The third-order valence-corrected chi connectivity index (χ3v) is 8.72. The molecule has 1 atom stereocenters. The highest BCUT2D eigenvalue weighted by Crippen LogP contribution is 2.57. The van der Waals surface area contributed by atoms with Gasteiger partial charge in [0.1, 0.15) is 11.5 Å². The maximum absolute atomic E-state index is 13.6. The van der Waals surface area contributed by atoms with Gasteiger partial charge in [-0.1, -0.05) is 24.3 Å². The van der Waals surface area contributed by atoms with Crippen LogP contribution in [0.4, 0.5) is 15.8 Å². The lowest BCUT2D eigenvalue weighted by Gasteiger charge is -2.41. The Kier molecular flexibility index (Phi) is 6.40. The number of likely N-dealkylation sites (N-methyl/N-ethyl adjacent to an activating group) is 1. The van der Waals surface area contributed by atoms with Crippen molar-refractivity contribution in [1.82, 2.24) is 9.88 Å². The number of hydrogen-bond donors (Lipinski definition) is 0. The van der Waals surface area contributed by atoms with Gasteiger partial charge in [0, 0.05) is 44.4 Å². The molecule has 5 nitrogen and oxygen atoms in total. The van der Waals surface area contributed by atoms with Gasteiger partial charge in [0.2, 0.25) is 0 Å². The van der Waals surface area contributed by atoms with Gasteiger partial charge in [-0.2, -0.15) is 0 Å². The van der Waals surface area contributed by atoms with Crippen molar-refractivity contribution in [2.24, 2.45) is 4.99 Å². The van der Waals surface area contributed by atoms with E-state index >= 15 is 0 Å². The van der Waals surface area contributed by atoms with Crippen LogP contribution >= 0.6 is 21.6 Å². The van der Waals surface area contributed by atoms with E-state index in [0.717, 1.165) is 65.6 Å². The zero-order chi connectivity index (χ0) is 22.9. The first-order valence-corrected chi connectivity index (χ1v) is 13.2. The van der Waals surface area contributed by atoms with Crippen LogP contribution in [0, 0.1) is 5.82 Å². The van der Waals surface area contributed by atoms with E-state index in [2.05, 4.69) is 22.9 Å². The summed E-state index contributed by atoms with van der Waals surface area (Å²) in [5.74, 6) is -0.200. The second-order valence-electron chi connectivity index (χ2n) is 8.51. The Morgan fingerprint density at radius 3 is 2.88 bits per heavy atom. The van der Waals surface area contributed by atoms with Crippen LogP contribution in [-0.2, 0) is 11.2 Å². The lowest BCUT2D eigenvalue weighted by molar-refractivity contribution is -0.110. The Hall–Kier alpha value is -2.42. The zero-order valence-corrected chi connectivity index (χ0v) is 20.3. The van der Waals surface area contributed by atoms with E-state index in [9.17, 15) is 9.18 Å². The summed E-state index contributed by atoms with van der Waals surface area (Å²) in [6.07, 6.45) is 3.58. The predicted octanol–water partition coefficient (Wildman–Crippen LogP) is 5.45. The molecule has 0 bridgehead atoms. The van der Waals surface area contributed by atoms with Gasteiger partial charge >= 0.3 is 0 Å². The molecule has 170 valence electrons. The third kappa shape index (κ3) is 4.52. The summed E-state index contributed by atoms with van der Waals surface area (Å²) in [7, 11) is 5.18. The molecule has 0 aromatic heterocycles. The van der Waals surface area contributed by atoms with E-state index in [1.165, 1.54) is 16.9 Å². The Morgan fingerprint density at radius 2 is 2.06 bits per heavy atom. The summed E-state index contributed by atoms with van der Waals surface area (Å²) in [5.41, 5.74) is 4.91. The van der Waals surface area contributed by atoms with E-state index in [-0.39, 0.29) is 11.6 Å². The molecule has 1 aromatic carbocycles. The van der Waals surface area contributed by atoms with Crippen molar-refractivity contribution in [3.8, 4) is 11.3 Å². The second-order valence-corrected chi connectivity index (χ2v) is 10.6. The molecule has 1 fully saturated rings. The molecule has 1 aromatic rings. The summed E-state index contributed by atoms with van der Waals surface area (Å²) in [4.78, 5) is 27.5. The second kappa shape index (κ2) is 9.44. The predicted molar refractivity (Wildman–Crippen MR) is 135 cm³/mol. The first kappa shape index (κ1) is 22.4. The molecule has 3 heterocycles. The number of Topliss-reactive ketones (excluding diaryl/α,β-unsaturated/α-hetero) is 1. The molecule has 0 spiro atoms. The Labute approximate surface area is 201 Å². The summed E-state index contributed by atoms with van der Waals surface area (Å²) in [5, 5.41) is 0.533. The van der Waals surface area contributed by atoms with Crippen molar-refractivity contribution < 1.29 is 9.18 Å². The molecule has 1 unspecified atom stereocenters. The summed E-state index contributed by atoms with van der Waals surface area (Å²) in [6.45, 7) is 4.18. The minimum Gasteiger partial charge on any atom is -0.365 e. The molecule has 3 aliphatic heterocycles. The van der Waals surface area contributed by atoms with Crippen LogP contribution in [0.3, 0.4) is 0 Å². The number of piperazine rings is 1. The van der Waals surface area contributed by atoms with Crippen molar-refractivity contribution in [2.45, 2.75) is 30.7 Å². The summed E-state index contributed by atoms with van der Waals surface area (Å²) < 4.78 is 13.6. The van der Waals surface area contributed by atoms with Gasteiger partial charge < -0.3 is 4.90 Å². The number of aliphatic imine (C=N–C) groups is 1. The maximum Gasteiger partial charge on any atom is 0.185 e. The molecule has 8 heteroatoms. The first-order valence-electron chi connectivity index (χ1n) is 11.1. The molecular formula is C25H25FN4OS2. The van der Waals surface area contributed by atoms with Crippen molar-refractivity contribution in [3.05, 3.63) is 60.0 Å². The number of fused-ring (bicyclic) bond motifs is 3. The number of aryl methyl sites for hydroxylation is 1. The fourth-order valence-corrected chi connectivity index (χ4v) is 6.84. The molecule has 0 amide bonds. The minimum atomic E-state index is -0.186. The largest absolute Gasteiger partial charge is 0.365 e. The Bertz CT molecular complexity index is 1200. The van der Waals surface area contributed by atoms with Crippen LogP contribution in [0.2, 0.25) is 0 Å². The molecule has 0 radical (unpaired) electrons. The Morgan fingerprint density at radius 1 is 1.18 bits per heavy atom. The van der Waals surface area contributed by atoms with Crippen molar-refractivity contribution in [3.63, 3.8) is 0 Å². The number of ketones is 1. The van der Waals surface area contributed by atoms with E-state index in [0.29, 0.717) is 11.1 Å². The minimum absolute atomic E-state index is 0.0146. The number of nitrogens with zero attached hydrogens (tertiary/aromatic N) is 4. The van der Waals surface area contributed by atoms with E-state index in [1.54, 1.807) is 29.9 Å². The van der Waals surface area contributed by atoms with Crippen LogP contribution in [0.25, 0.3) is 11.3 Å². The number of aromatic nitrogens is 1. The van der Waals surface area contributed by atoms with Crippen LogP contribution < -0.4 is 4.90 Å². The molecule has 0 saturated carbocycles. The van der Waals surface area contributed by atoms with Gasteiger partial charge in [0.05, 0.1) is 16.3 Å². The van der Waals surface area contributed by atoms with Gasteiger partial charge in [0.25, 0.3) is 0 Å². The highest BCUT2D eigenvalue weighted by Gasteiger charge is 2.34. The SMILES string of the molecule is CC(=O)C1=Nc2c(c3ccccnc-3c2N2CCN(C)C(CCc3cccc(F)c3)C2)SS1. The molecule has 4 aliphatic rings. The molecule has 1 aliphatic carbocycles. The summed E-state index contributed by atoms with van der Waals surface area (Å²) >= 11 is 0. The first-order chi connectivity index (χ1) is 16.0. The quantitative estimate of drug-likeness (QED) is 0.453. The smallest absolute Gasteiger partial charge is 0.185 e. The number of halogens is 1. The fourth-order valence-electron chi connectivity index (χ4n) is 4.50. The van der Waals surface area contributed by atoms with Gasteiger partial charge in [-0.3, -0.25) is 14.7 Å². The number of anilines is 1. The molecule has 1 saturated heterocycles. The normalized spacial score (nSPS) is 18.8. The highest BCUT2D eigenvalue weighted by molar-refractivity contribution is 8.82. The lowest BCUT2D eigenvalue weighted by Crippen LogP contribution is -2.51. The van der Waals surface area contributed by atoms with Gasteiger partial charge in [-0.25, -0.2) is 9.38 Å². The monoisotopic (exact) mass is 480 g/mol. The number of carbonyl (C=O) groups is 1. The van der Waals surface area contributed by atoms with Crippen LogP contribution in [0.15, 0.2) is 58.5 Å². The van der Waals surface area contributed by atoms with Crippen molar-refractivity contribution >= 4 is 43.8 Å². The third-order valence-electron chi connectivity index (χ3n) is 6.29. The van der Waals surface area contributed by atoms with Crippen LogP contribution in [-0.4, -0.2) is 53.4 Å². The number of rotatable bonds is 5. The van der Waals surface area contributed by atoms with E-state index in [4.69, 9.17) is 9.98 Å². The summed E-state index contributed by atoms with van der Waals surface area (Å²) in [6, 6.07) is 13.2. The highest BCUT2D eigenvalue weighted by atomic mass is 33.1.